The van der Waals surface area contributed by atoms with Gasteiger partial charge in [0, 0.05) is 10.7 Å². The summed E-state index contributed by atoms with van der Waals surface area (Å²) in [6.45, 7) is 7.19. The van der Waals surface area contributed by atoms with Crippen molar-refractivity contribution in [2.24, 2.45) is 5.73 Å². The Hall–Kier alpha value is -1.79. The molecule has 3 amide bonds. The molecule has 0 spiro atoms. The van der Waals surface area contributed by atoms with Crippen molar-refractivity contribution in [3.63, 3.8) is 0 Å². The molecule has 1 heterocycles. The lowest BCUT2D eigenvalue weighted by atomic mass is 10.1. The maximum Gasteiger partial charge on any atom is 0.319 e. The van der Waals surface area contributed by atoms with Crippen molar-refractivity contribution < 1.29 is 14.5 Å². The molecule has 4 N–H and O–H groups in total. The minimum absolute atomic E-state index is 0.296. The predicted octanol–water partition coefficient (Wildman–Crippen LogP) is -0.0633. The van der Waals surface area contributed by atoms with E-state index in [0.717, 1.165) is 41.8 Å². The second-order valence-corrected chi connectivity index (χ2v) is 6.09. The zero-order chi connectivity index (χ0) is 16.3. The van der Waals surface area contributed by atoms with Crippen molar-refractivity contribution in [1.29, 1.82) is 0 Å². The van der Waals surface area contributed by atoms with Gasteiger partial charge in [-0.3, -0.25) is 10.1 Å². The normalized spacial score (nSPS) is 17.1. The number of urea groups is 1. The standard InChI is InChI=1S/C15H21ClN4O2/c1-10-3-4-12(16)9-13(10)20-7-5-19(6-8-20)11(2)14(21)18-15(17)22/h3-4,9,11H,5-8H2,1-2H3,(H3,17,18,21,22)/p+1/t11-/m0/s1. The number of rotatable bonds is 3. The SMILES string of the molecule is Cc1ccc(Cl)cc1N1CC[NH+]([C@@H](C)C(=O)NC(N)=O)CC1. The van der Waals surface area contributed by atoms with Gasteiger partial charge in [-0.1, -0.05) is 17.7 Å². The molecule has 7 heteroatoms. The first-order chi connectivity index (χ1) is 10.4. The van der Waals surface area contributed by atoms with Gasteiger partial charge < -0.3 is 15.5 Å². The maximum atomic E-state index is 11.8. The smallest absolute Gasteiger partial charge is 0.319 e. The van der Waals surface area contributed by atoms with Crippen LogP contribution in [0.1, 0.15) is 12.5 Å². The molecular weight excluding hydrogens is 304 g/mol. The molecule has 0 bridgehead atoms. The molecule has 120 valence electrons. The number of carbonyl (C=O) groups excluding carboxylic acids is 2. The minimum atomic E-state index is -0.801. The zero-order valence-corrected chi connectivity index (χ0v) is 13.6. The van der Waals surface area contributed by atoms with Crippen LogP contribution in [0.25, 0.3) is 0 Å². The summed E-state index contributed by atoms with van der Waals surface area (Å²) in [4.78, 5) is 26.0. The summed E-state index contributed by atoms with van der Waals surface area (Å²) in [5.74, 6) is -0.324. The summed E-state index contributed by atoms with van der Waals surface area (Å²) in [6, 6.07) is 4.78. The Morgan fingerprint density at radius 3 is 2.59 bits per heavy atom. The Labute approximate surface area is 135 Å². The van der Waals surface area contributed by atoms with Gasteiger partial charge in [0.05, 0.1) is 26.2 Å². The van der Waals surface area contributed by atoms with Crippen molar-refractivity contribution >= 4 is 29.2 Å². The molecule has 1 aromatic carbocycles. The topological polar surface area (TPSA) is 79.9 Å². The third-order valence-corrected chi connectivity index (χ3v) is 4.40. The molecule has 0 aliphatic carbocycles. The number of piperazine rings is 1. The number of anilines is 1. The second kappa shape index (κ2) is 6.98. The number of hydrogen-bond acceptors (Lipinski definition) is 3. The average Bonchev–Trinajstić information content (AvgIpc) is 2.48. The van der Waals surface area contributed by atoms with Crippen LogP contribution in [0.5, 0.6) is 0 Å². The number of amides is 3. The molecule has 0 aromatic heterocycles. The van der Waals surface area contributed by atoms with Crippen molar-refractivity contribution in [1.82, 2.24) is 5.32 Å². The average molecular weight is 326 g/mol. The molecule has 1 fully saturated rings. The number of hydrogen-bond donors (Lipinski definition) is 3. The first-order valence-corrected chi connectivity index (χ1v) is 7.72. The van der Waals surface area contributed by atoms with Crippen LogP contribution in [0.2, 0.25) is 5.02 Å². The molecule has 0 unspecified atom stereocenters. The number of nitrogens with one attached hydrogen (secondary N) is 2. The fraction of sp³-hybridized carbons (Fsp3) is 0.467. The van der Waals surface area contributed by atoms with Gasteiger partial charge in [0.2, 0.25) is 0 Å². The molecular formula is C15H22ClN4O2+. The maximum absolute atomic E-state index is 11.8. The first-order valence-electron chi connectivity index (χ1n) is 7.34. The van der Waals surface area contributed by atoms with Gasteiger partial charge in [0.25, 0.3) is 5.91 Å². The van der Waals surface area contributed by atoms with Crippen LogP contribution in [0.3, 0.4) is 0 Å². The van der Waals surface area contributed by atoms with E-state index >= 15 is 0 Å². The van der Waals surface area contributed by atoms with Gasteiger partial charge in [-0.2, -0.15) is 0 Å². The lowest BCUT2D eigenvalue weighted by molar-refractivity contribution is -0.914. The zero-order valence-electron chi connectivity index (χ0n) is 12.9. The van der Waals surface area contributed by atoms with Crippen LogP contribution >= 0.6 is 11.6 Å². The van der Waals surface area contributed by atoms with Crippen molar-refractivity contribution in [2.45, 2.75) is 19.9 Å². The summed E-state index contributed by atoms with van der Waals surface area (Å²) >= 11 is 6.08. The van der Waals surface area contributed by atoms with Crippen LogP contribution in [0.15, 0.2) is 18.2 Å². The highest BCUT2D eigenvalue weighted by Crippen LogP contribution is 2.24. The minimum Gasteiger partial charge on any atom is -0.360 e. The molecule has 22 heavy (non-hydrogen) atoms. The first kappa shape index (κ1) is 16.6. The van der Waals surface area contributed by atoms with E-state index < -0.39 is 6.03 Å². The monoisotopic (exact) mass is 325 g/mol. The highest BCUT2D eigenvalue weighted by atomic mass is 35.5. The predicted molar refractivity (Wildman–Crippen MR) is 86.3 cm³/mol. The molecule has 1 atom stereocenters. The van der Waals surface area contributed by atoms with Crippen LogP contribution in [-0.2, 0) is 4.79 Å². The number of nitrogens with two attached hydrogens (primary N) is 1. The third kappa shape index (κ3) is 3.90. The molecule has 1 saturated heterocycles. The Kier molecular flexibility index (Phi) is 5.26. The van der Waals surface area contributed by atoms with Gasteiger partial charge in [-0.05, 0) is 31.5 Å². The molecule has 1 aromatic rings. The number of quaternary nitrogens is 1. The van der Waals surface area contributed by atoms with E-state index in [-0.39, 0.29) is 11.9 Å². The van der Waals surface area contributed by atoms with E-state index in [2.05, 4.69) is 17.1 Å². The van der Waals surface area contributed by atoms with E-state index in [1.54, 1.807) is 0 Å². The molecule has 2 rings (SSSR count). The van der Waals surface area contributed by atoms with Gasteiger partial charge in [-0.15, -0.1) is 0 Å². The highest BCUT2D eigenvalue weighted by molar-refractivity contribution is 6.30. The van der Waals surface area contributed by atoms with Gasteiger partial charge in [0.1, 0.15) is 0 Å². The third-order valence-electron chi connectivity index (χ3n) is 4.17. The number of nitrogens with zero attached hydrogens (tertiary/aromatic N) is 1. The lowest BCUT2D eigenvalue weighted by Gasteiger charge is -2.36. The number of carbonyl (C=O) groups is 2. The van der Waals surface area contributed by atoms with E-state index in [0.29, 0.717) is 0 Å². The molecule has 1 aliphatic rings. The van der Waals surface area contributed by atoms with Gasteiger partial charge >= 0.3 is 6.03 Å². The summed E-state index contributed by atoms with van der Waals surface area (Å²) in [6.07, 6.45) is 0. The molecule has 0 saturated carbocycles. The Morgan fingerprint density at radius 2 is 2.00 bits per heavy atom. The number of halogens is 1. The Balaban J connectivity index is 1.97. The van der Waals surface area contributed by atoms with Crippen LogP contribution in [-0.4, -0.2) is 44.2 Å². The summed E-state index contributed by atoms with van der Waals surface area (Å²) < 4.78 is 0. The van der Waals surface area contributed by atoms with Crippen molar-refractivity contribution in [2.75, 3.05) is 31.1 Å². The number of primary amides is 1. The number of aryl methyl sites for hydroxylation is 1. The Morgan fingerprint density at radius 1 is 1.36 bits per heavy atom. The fourth-order valence-electron chi connectivity index (χ4n) is 2.81. The van der Waals surface area contributed by atoms with Crippen LogP contribution in [0.4, 0.5) is 10.5 Å². The molecule has 1 aliphatic heterocycles. The number of benzene rings is 1. The number of imide groups is 1. The van der Waals surface area contributed by atoms with E-state index in [1.807, 2.05) is 25.1 Å². The molecule has 6 nitrogen and oxygen atoms in total. The van der Waals surface area contributed by atoms with Crippen molar-refractivity contribution in [3.8, 4) is 0 Å². The quantitative estimate of drug-likeness (QED) is 0.728. The lowest BCUT2D eigenvalue weighted by Crippen LogP contribution is -3.19. The largest absolute Gasteiger partial charge is 0.360 e. The summed E-state index contributed by atoms with van der Waals surface area (Å²) in [5, 5.41) is 2.87. The second-order valence-electron chi connectivity index (χ2n) is 5.65. The summed E-state index contributed by atoms with van der Waals surface area (Å²) in [7, 11) is 0. The fourth-order valence-corrected chi connectivity index (χ4v) is 2.97. The molecule has 0 radical (unpaired) electrons. The van der Waals surface area contributed by atoms with E-state index in [1.165, 1.54) is 5.56 Å². The van der Waals surface area contributed by atoms with Crippen molar-refractivity contribution in [3.05, 3.63) is 28.8 Å². The van der Waals surface area contributed by atoms with Gasteiger partial charge in [0.15, 0.2) is 6.04 Å². The van der Waals surface area contributed by atoms with Crippen LogP contribution < -0.4 is 20.9 Å². The summed E-state index contributed by atoms with van der Waals surface area (Å²) in [5.41, 5.74) is 7.32. The van der Waals surface area contributed by atoms with E-state index in [9.17, 15) is 9.59 Å². The highest BCUT2D eigenvalue weighted by Gasteiger charge is 2.30. The van der Waals surface area contributed by atoms with Crippen LogP contribution in [0, 0.1) is 6.92 Å². The van der Waals surface area contributed by atoms with E-state index in [4.69, 9.17) is 17.3 Å². The Bertz CT molecular complexity index is 571. The van der Waals surface area contributed by atoms with Gasteiger partial charge in [-0.25, -0.2) is 4.79 Å².